The normalized spacial score (nSPS) is 20.8. The van der Waals surface area contributed by atoms with E-state index in [1.807, 2.05) is 0 Å². The topological polar surface area (TPSA) is 102 Å². The van der Waals surface area contributed by atoms with Crippen LogP contribution in [0.3, 0.4) is 0 Å². The lowest BCUT2D eigenvalue weighted by Gasteiger charge is -2.32. The first-order valence-electron chi connectivity index (χ1n) is 7.11. The molecule has 120 valence electrons. The van der Waals surface area contributed by atoms with Crippen molar-refractivity contribution < 1.29 is 13.2 Å². The van der Waals surface area contributed by atoms with Gasteiger partial charge in [-0.05, 0) is 6.54 Å². The average molecular weight is 317 g/mol. The van der Waals surface area contributed by atoms with E-state index in [2.05, 4.69) is 21.6 Å². The molecule has 0 spiro atoms. The number of sulfonamides is 1. The minimum atomic E-state index is -3.55. The molecule has 0 radical (unpaired) electrons. The van der Waals surface area contributed by atoms with Crippen molar-refractivity contribution >= 4 is 10.0 Å². The molecule has 1 aromatic heterocycles. The summed E-state index contributed by atoms with van der Waals surface area (Å²) in [7, 11) is -3.55. The summed E-state index contributed by atoms with van der Waals surface area (Å²) in [5, 5.41) is 3.97. The van der Waals surface area contributed by atoms with Gasteiger partial charge >= 0.3 is 0 Å². The number of hydrogen-bond acceptors (Lipinski definition) is 6. The van der Waals surface area contributed by atoms with Crippen molar-refractivity contribution in [3.63, 3.8) is 0 Å². The molecule has 1 aromatic rings. The fourth-order valence-electron chi connectivity index (χ4n) is 2.22. The fourth-order valence-corrected chi connectivity index (χ4v) is 3.23. The Morgan fingerprint density at radius 2 is 2.38 bits per heavy atom. The van der Waals surface area contributed by atoms with E-state index >= 15 is 0 Å². The number of nitrogens with zero attached hydrogens (tertiary/aromatic N) is 3. The third-order valence-corrected chi connectivity index (χ3v) is 4.83. The number of nitrogens with one attached hydrogen (secondary N) is 1. The van der Waals surface area contributed by atoms with E-state index in [0.29, 0.717) is 19.7 Å². The van der Waals surface area contributed by atoms with Gasteiger partial charge in [0.05, 0.1) is 25.5 Å². The van der Waals surface area contributed by atoms with Crippen molar-refractivity contribution in [3.05, 3.63) is 12.4 Å². The Kier molecular flexibility index (Phi) is 5.71. The molecule has 0 amide bonds. The summed E-state index contributed by atoms with van der Waals surface area (Å²) in [5.74, 6) is 0. The Hall–Kier alpha value is -1.00. The zero-order valence-electron chi connectivity index (χ0n) is 12.2. The van der Waals surface area contributed by atoms with E-state index in [1.54, 1.807) is 0 Å². The van der Waals surface area contributed by atoms with Crippen molar-refractivity contribution in [2.75, 3.05) is 39.3 Å². The molecule has 0 aliphatic carbocycles. The van der Waals surface area contributed by atoms with Crippen LogP contribution in [0.2, 0.25) is 0 Å². The minimum Gasteiger partial charge on any atom is -0.374 e. The number of rotatable bonds is 7. The summed E-state index contributed by atoms with van der Waals surface area (Å²) in [6.07, 6.45) is 2.69. The molecule has 1 aliphatic rings. The van der Waals surface area contributed by atoms with Crippen molar-refractivity contribution in [1.29, 1.82) is 0 Å². The maximum atomic E-state index is 12.2. The standard InChI is InChI=1S/C12H23N5O3S/c1-2-16-5-6-20-11(9-16)7-15-21(18,19)12-8-14-17(10-12)4-3-13/h8,10-11,15H,2-7,9,13H2,1H3. The first-order chi connectivity index (χ1) is 10.0. The van der Waals surface area contributed by atoms with Crippen LogP contribution < -0.4 is 10.5 Å². The lowest BCUT2D eigenvalue weighted by molar-refractivity contribution is -0.0229. The third-order valence-electron chi connectivity index (χ3n) is 3.45. The third kappa shape index (κ3) is 4.48. The van der Waals surface area contributed by atoms with E-state index in [-0.39, 0.29) is 17.5 Å². The van der Waals surface area contributed by atoms with Crippen LogP contribution in [-0.4, -0.2) is 68.5 Å². The monoisotopic (exact) mass is 317 g/mol. The van der Waals surface area contributed by atoms with E-state index < -0.39 is 10.0 Å². The molecule has 1 atom stereocenters. The van der Waals surface area contributed by atoms with Crippen molar-refractivity contribution in [3.8, 4) is 0 Å². The lowest BCUT2D eigenvalue weighted by atomic mass is 10.3. The van der Waals surface area contributed by atoms with Crippen LogP contribution >= 0.6 is 0 Å². The Bertz CT molecular complexity index is 545. The van der Waals surface area contributed by atoms with E-state index in [9.17, 15) is 8.42 Å². The SMILES string of the molecule is CCN1CCOC(CNS(=O)(=O)c2cnn(CCN)c2)C1. The van der Waals surface area contributed by atoms with Crippen LogP contribution in [0.25, 0.3) is 0 Å². The average Bonchev–Trinajstić information content (AvgIpc) is 2.95. The molecule has 2 heterocycles. The highest BCUT2D eigenvalue weighted by atomic mass is 32.2. The van der Waals surface area contributed by atoms with Crippen molar-refractivity contribution in [1.82, 2.24) is 19.4 Å². The highest BCUT2D eigenvalue weighted by Crippen LogP contribution is 2.09. The molecular weight excluding hydrogens is 294 g/mol. The van der Waals surface area contributed by atoms with Crippen LogP contribution in [0.15, 0.2) is 17.3 Å². The van der Waals surface area contributed by atoms with Crippen LogP contribution in [0, 0.1) is 0 Å². The highest BCUT2D eigenvalue weighted by Gasteiger charge is 2.23. The van der Waals surface area contributed by atoms with Gasteiger partial charge in [0.15, 0.2) is 0 Å². The molecule has 1 fully saturated rings. The molecule has 0 aromatic carbocycles. The number of hydrogen-bond donors (Lipinski definition) is 2. The first kappa shape index (κ1) is 16.4. The van der Waals surface area contributed by atoms with Gasteiger partial charge in [-0.25, -0.2) is 13.1 Å². The van der Waals surface area contributed by atoms with E-state index in [4.69, 9.17) is 10.5 Å². The number of morpholine rings is 1. The smallest absolute Gasteiger partial charge is 0.243 e. The Balaban J connectivity index is 1.91. The van der Waals surface area contributed by atoms with Gasteiger partial charge in [-0.15, -0.1) is 0 Å². The molecule has 1 saturated heterocycles. The Morgan fingerprint density at radius 3 is 3.10 bits per heavy atom. The maximum Gasteiger partial charge on any atom is 0.243 e. The fraction of sp³-hybridized carbons (Fsp3) is 0.750. The second-order valence-electron chi connectivity index (χ2n) is 4.97. The molecule has 1 unspecified atom stereocenters. The summed E-state index contributed by atoms with van der Waals surface area (Å²) in [5.41, 5.74) is 5.41. The highest BCUT2D eigenvalue weighted by molar-refractivity contribution is 7.89. The predicted molar refractivity (Wildman–Crippen MR) is 78.3 cm³/mol. The van der Waals surface area contributed by atoms with Crippen LogP contribution in [0.4, 0.5) is 0 Å². The second kappa shape index (κ2) is 7.32. The van der Waals surface area contributed by atoms with E-state index in [0.717, 1.165) is 19.6 Å². The molecule has 21 heavy (non-hydrogen) atoms. The van der Waals surface area contributed by atoms with Gasteiger partial charge in [0, 0.05) is 32.4 Å². The van der Waals surface area contributed by atoms with Crippen LogP contribution in [0.5, 0.6) is 0 Å². The number of ether oxygens (including phenoxy) is 1. The predicted octanol–water partition coefficient (Wildman–Crippen LogP) is -1.16. The summed E-state index contributed by atoms with van der Waals surface area (Å²) in [6.45, 7) is 6.47. The molecule has 3 N–H and O–H groups in total. The minimum absolute atomic E-state index is 0.118. The molecule has 1 aliphatic heterocycles. The molecule has 0 bridgehead atoms. The lowest BCUT2D eigenvalue weighted by Crippen LogP contribution is -2.47. The summed E-state index contributed by atoms with van der Waals surface area (Å²) >= 11 is 0. The molecular formula is C12H23N5O3S. The van der Waals surface area contributed by atoms with Crippen molar-refractivity contribution in [2.24, 2.45) is 5.73 Å². The van der Waals surface area contributed by atoms with Gasteiger partial charge in [0.2, 0.25) is 10.0 Å². The summed E-state index contributed by atoms with van der Waals surface area (Å²) < 4.78 is 34.0. The first-order valence-corrected chi connectivity index (χ1v) is 8.59. The number of nitrogens with two attached hydrogens (primary N) is 1. The zero-order valence-corrected chi connectivity index (χ0v) is 13.1. The maximum absolute atomic E-state index is 12.2. The Labute approximate surface area is 125 Å². The van der Waals surface area contributed by atoms with Gasteiger partial charge < -0.3 is 10.5 Å². The summed E-state index contributed by atoms with van der Waals surface area (Å²) in [4.78, 5) is 2.39. The largest absolute Gasteiger partial charge is 0.374 e. The van der Waals surface area contributed by atoms with Gasteiger partial charge in [0.25, 0.3) is 0 Å². The van der Waals surface area contributed by atoms with Crippen LogP contribution in [-0.2, 0) is 21.3 Å². The second-order valence-corrected chi connectivity index (χ2v) is 6.73. The number of aromatic nitrogens is 2. The van der Waals surface area contributed by atoms with Crippen molar-refractivity contribution in [2.45, 2.75) is 24.5 Å². The van der Waals surface area contributed by atoms with Gasteiger partial charge in [-0.1, -0.05) is 6.92 Å². The summed E-state index contributed by atoms with van der Waals surface area (Å²) in [6, 6.07) is 0. The number of likely N-dealkylation sites (N-methyl/N-ethyl adjacent to an activating group) is 1. The zero-order chi connectivity index (χ0) is 15.3. The molecule has 8 nitrogen and oxygen atoms in total. The molecule has 9 heteroatoms. The van der Waals surface area contributed by atoms with Gasteiger partial charge in [-0.3, -0.25) is 9.58 Å². The Morgan fingerprint density at radius 1 is 1.57 bits per heavy atom. The van der Waals surface area contributed by atoms with E-state index in [1.165, 1.54) is 17.1 Å². The van der Waals surface area contributed by atoms with Gasteiger partial charge in [0.1, 0.15) is 4.90 Å². The van der Waals surface area contributed by atoms with Crippen LogP contribution in [0.1, 0.15) is 6.92 Å². The molecule has 0 saturated carbocycles. The molecule has 2 rings (SSSR count). The van der Waals surface area contributed by atoms with Gasteiger partial charge in [-0.2, -0.15) is 5.10 Å². The quantitative estimate of drug-likeness (QED) is 0.658.